The summed E-state index contributed by atoms with van der Waals surface area (Å²) in [6.45, 7) is 5.89. The predicted molar refractivity (Wildman–Crippen MR) is 79.8 cm³/mol. The van der Waals surface area contributed by atoms with Crippen LogP contribution in [-0.2, 0) is 6.54 Å². The average Bonchev–Trinajstić information content (AvgIpc) is 2.85. The third kappa shape index (κ3) is 2.95. The highest BCUT2D eigenvalue weighted by molar-refractivity contribution is 6.30. The maximum Gasteiger partial charge on any atom is 0.241 e. The minimum Gasteiger partial charge on any atom is -0.387 e. The lowest BCUT2D eigenvalue weighted by atomic mass is 9.83. The first kappa shape index (κ1) is 14.5. The van der Waals surface area contributed by atoms with Crippen molar-refractivity contribution in [2.45, 2.75) is 26.0 Å². The molecule has 1 saturated heterocycles. The number of rotatable bonds is 4. The Bertz CT molecular complexity index is 635. The van der Waals surface area contributed by atoms with Gasteiger partial charge in [-0.1, -0.05) is 42.7 Å². The van der Waals surface area contributed by atoms with Crippen molar-refractivity contribution in [1.82, 2.24) is 15.0 Å². The van der Waals surface area contributed by atoms with Crippen LogP contribution in [0.5, 0.6) is 0 Å². The van der Waals surface area contributed by atoms with E-state index in [-0.39, 0.29) is 5.92 Å². The Kier molecular flexibility index (Phi) is 3.73. The first-order valence-corrected chi connectivity index (χ1v) is 7.37. The van der Waals surface area contributed by atoms with Gasteiger partial charge in [0, 0.05) is 23.7 Å². The molecular formula is C15H18ClN3O2. The quantitative estimate of drug-likeness (QED) is 0.940. The van der Waals surface area contributed by atoms with Crippen molar-refractivity contribution in [1.29, 1.82) is 0 Å². The Morgan fingerprint density at radius 1 is 1.43 bits per heavy atom. The molecular weight excluding hydrogens is 290 g/mol. The summed E-state index contributed by atoms with van der Waals surface area (Å²) < 4.78 is 5.27. The molecule has 2 heterocycles. The molecule has 0 unspecified atom stereocenters. The number of likely N-dealkylation sites (tertiary alicyclic amines) is 1. The summed E-state index contributed by atoms with van der Waals surface area (Å²) in [5, 5.41) is 14.8. The molecule has 1 fully saturated rings. The van der Waals surface area contributed by atoms with Crippen molar-refractivity contribution >= 4 is 11.6 Å². The molecule has 112 valence electrons. The highest BCUT2D eigenvalue weighted by Crippen LogP contribution is 2.29. The van der Waals surface area contributed by atoms with E-state index < -0.39 is 5.60 Å². The lowest BCUT2D eigenvalue weighted by Crippen LogP contribution is -2.63. The van der Waals surface area contributed by atoms with Crippen LogP contribution in [-0.4, -0.2) is 38.8 Å². The molecule has 0 bridgehead atoms. The first-order valence-electron chi connectivity index (χ1n) is 6.99. The Labute approximate surface area is 128 Å². The molecule has 3 rings (SSSR count). The van der Waals surface area contributed by atoms with Gasteiger partial charge in [-0.2, -0.15) is 4.98 Å². The number of hydrogen-bond donors (Lipinski definition) is 1. The lowest BCUT2D eigenvalue weighted by molar-refractivity contribution is -0.133. The van der Waals surface area contributed by atoms with Crippen LogP contribution in [0.2, 0.25) is 5.02 Å². The van der Waals surface area contributed by atoms with Crippen molar-refractivity contribution in [2.24, 2.45) is 5.92 Å². The zero-order chi connectivity index (χ0) is 15.0. The SMILES string of the molecule is CC(C)C1(O)CN(Cc2nc(-c3cccc(Cl)c3)no2)C1. The van der Waals surface area contributed by atoms with E-state index >= 15 is 0 Å². The lowest BCUT2D eigenvalue weighted by Gasteiger charge is -2.48. The molecule has 1 aliphatic rings. The van der Waals surface area contributed by atoms with Crippen molar-refractivity contribution < 1.29 is 9.63 Å². The van der Waals surface area contributed by atoms with E-state index in [0.717, 1.165) is 5.56 Å². The monoisotopic (exact) mass is 307 g/mol. The molecule has 2 aromatic rings. The molecule has 1 aliphatic heterocycles. The van der Waals surface area contributed by atoms with Gasteiger partial charge in [0.25, 0.3) is 0 Å². The zero-order valence-corrected chi connectivity index (χ0v) is 12.8. The summed E-state index contributed by atoms with van der Waals surface area (Å²) in [6, 6.07) is 7.35. The average molecular weight is 308 g/mol. The largest absolute Gasteiger partial charge is 0.387 e. The van der Waals surface area contributed by atoms with Gasteiger partial charge >= 0.3 is 0 Å². The Morgan fingerprint density at radius 3 is 2.86 bits per heavy atom. The maximum absolute atomic E-state index is 10.2. The van der Waals surface area contributed by atoms with Crippen LogP contribution >= 0.6 is 11.6 Å². The number of halogens is 1. The second-order valence-corrected chi connectivity index (χ2v) is 6.36. The smallest absolute Gasteiger partial charge is 0.241 e. The molecule has 6 heteroatoms. The van der Waals surface area contributed by atoms with Gasteiger partial charge in [0.2, 0.25) is 11.7 Å². The van der Waals surface area contributed by atoms with E-state index in [2.05, 4.69) is 15.0 Å². The van der Waals surface area contributed by atoms with E-state index in [0.29, 0.717) is 36.4 Å². The van der Waals surface area contributed by atoms with Crippen LogP contribution < -0.4 is 0 Å². The van der Waals surface area contributed by atoms with Gasteiger partial charge in [-0.3, -0.25) is 4.90 Å². The Morgan fingerprint density at radius 2 is 2.19 bits per heavy atom. The van der Waals surface area contributed by atoms with Crippen LogP contribution in [0.3, 0.4) is 0 Å². The third-order valence-electron chi connectivity index (χ3n) is 3.98. The summed E-state index contributed by atoms with van der Waals surface area (Å²) in [4.78, 5) is 6.47. The van der Waals surface area contributed by atoms with Gasteiger partial charge in [-0.05, 0) is 18.1 Å². The highest BCUT2D eigenvalue weighted by atomic mass is 35.5. The molecule has 0 aliphatic carbocycles. The van der Waals surface area contributed by atoms with Crippen LogP contribution in [0.4, 0.5) is 0 Å². The van der Waals surface area contributed by atoms with Gasteiger partial charge in [-0.15, -0.1) is 0 Å². The van der Waals surface area contributed by atoms with Gasteiger partial charge in [-0.25, -0.2) is 0 Å². The molecule has 0 radical (unpaired) electrons. The molecule has 0 atom stereocenters. The minimum absolute atomic E-state index is 0.249. The van der Waals surface area contributed by atoms with Gasteiger partial charge < -0.3 is 9.63 Å². The van der Waals surface area contributed by atoms with E-state index in [4.69, 9.17) is 16.1 Å². The number of nitrogens with zero attached hydrogens (tertiary/aromatic N) is 3. The molecule has 0 spiro atoms. The van der Waals surface area contributed by atoms with Crippen molar-refractivity contribution in [3.8, 4) is 11.4 Å². The number of β-amino-alcohol motifs (C(OH)–C–C–N with tert-alkyl or cyclic N) is 1. The van der Waals surface area contributed by atoms with Crippen LogP contribution in [0, 0.1) is 5.92 Å². The van der Waals surface area contributed by atoms with Gasteiger partial charge in [0.1, 0.15) is 0 Å². The summed E-state index contributed by atoms with van der Waals surface area (Å²) in [5.41, 5.74) is 0.246. The molecule has 21 heavy (non-hydrogen) atoms. The molecule has 5 nitrogen and oxygen atoms in total. The second kappa shape index (κ2) is 5.40. The van der Waals surface area contributed by atoms with Crippen molar-refractivity contribution in [3.63, 3.8) is 0 Å². The summed E-state index contributed by atoms with van der Waals surface area (Å²) >= 11 is 5.96. The van der Waals surface area contributed by atoms with Crippen molar-refractivity contribution in [3.05, 3.63) is 35.2 Å². The topological polar surface area (TPSA) is 62.4 Å². The fraction of sp³-hybridized carbons (Fsp3) is 0.467. The van der Waals surface area contributed by atoms with E-state index in [1.165, 1.54) is 0 Å². The molecule has 0 amide bonds. The fourth-order valence-corrected chi connectivity index (χ4v) is 2.65. The van der Waals surface area contributed by atoms with E-state index in [1.54, 1.807) is 12.1 Å². The number of aromatic nitrogens is 2. The van der Waals surface area contributed by atoms with Crippen LogP contribution in [0.15, 0.2) is 28.8 Å². The molecule has 0 saturated carbocycles. The first-order chi connectivity index (χ1) is 9.96. The predicted octanol–water partition coefficient (Wildman–Crippen LogP) is 2.59. The Balaban J connectivity index is 1.65. The standard InChI is InChI=1S/C15H18ClN3O2/c1-10(2)15(20)8-19(9-15)7-13-17-14(18-21-13)11-4-3-5-12(16)6-11/h3-6,10,20H,7-9H2,1-2H3. The number of aliphatic hydroxyl groups is 1. The van der Waals surface area contributed by atoms with Crippen molar-refractivity contribution in [2.75, 3.05) is 13.1 Å². The summed E-state index contributed by atoms with van der Waals surface area (Å²) in [7, 11) is 0. The third-order valence-corrected chi connectivity index (χ3v) is 4.21. The fourth-order valence-electron chi connectivity index (χ4n) is 2.46. The summed E-state index contributed by atoms with van der Waals surface area (Å²) in [5.74, 6) is 1.33. The minimum atomic E-state index is -0.587. The number of hydrogen-bond acceptors (Lipinski definition) is 5. The van der Waals surface area contributed by atoms with E-state index in [1.807, 2.05) is 26.0 Å². The zero-order valence-electron chi connectivity index (χ0n) is 12.1. The van der Waals surface area contributed by atoms with Gasteiger partial charge in [0.15, 0.2) is 0 Å². The van der Waals surface area contributed by atoms with Crippen LogP contribution in [0.25, 0.3) is 11.4 Å². The van der Waals surface area contributed by atoms with Crippen LogP contribution in [0.1, 0.15) is 19.7 Å². The second-order valence-electron chi connectivity index (χ2n) is 5.93. The summed E-state index contributed by atoms with van der Waals surface area (Å²) in [6.07, 6.45) is 0. The van der Waals surface area contributed by atoms with E-state index in [9.17, 15) is 5.11 Å². The molecule has 1 aromatic carbocycles. The molecule has 1 N–H and O–H groups in total. The van der Waals surface area contributed by atoms with Gasteiger partial charge in [0.05, 0.1) is 12.1 Å². The normalized spacial score (nSPS) is 18.0. The highest BCUT2D eigenvalue weighted by Gasteiger charge is 2.43. The Hall–Kier alpha value is -1.43. The molecule has 1 aromatic heterocycles. The maximum atomic E-state index is 10.2. The number of benzene rings is 1.